The van der Waals surface area contributed by atoms with Gasteiger partial charge < -0.3 is 10.6 Å². The van der Waals surface area contributed by atoms with Crippen LogP contribution in [0.25, 0.3) is 0 Å². The maximum Gasteiger partial charge on any atom is 0.220 e. The number of rotatable bonds is 2. The number of benzene rings is 1. The number of hydrogen-bond donors (Lipinski definition) is 2. The van der Waals surface area contributed by atoms with Gasteiger partial charge in [-0.2, -0.15) is 0 Å². The van der Waals surface area contributed by atoms with Crippen LogP contribution in [-0.2, 0) is 10.2 Å². The molecule has 1 saturated heterocycles. The van der Waals surface area contributed by atoms with Crippen LogP contribution in [0.2, 0.25) is 0 Å². The highest BCUT2D eigenvalue weighted by atomic mass is 16.1. The van der Waals surface area contributed by atoms with E-state index < -0.39 is 0 Å². The molecule has 1 fully saturated rings. The van der Waals surface area contributed by atoms with E-state index in [1.54, 1.807) is 7.05 Å². The maximum atomic E-state index is 11.7. The molecule has 1 spiro atoms. The van der Waals surface area contributed by atoms with Crippen molar-refractivity contribution >= 4 is 5.91 Å². The van der Waals surface area contributed by atoms with Crippen LogP contribution >= 0.6 is 0 Å². The van der Waals surface area contributed by atoms with Gasteiger partial charge in [0.15, 0.2) is 0 Å². The summed E-state index contributed by atoms with van der Waals surface area (Å²) in [6.07, 6.45) is 4.17. The maximum absolute atomic E-state index is 11.7. The molecular formula is C16H22N2O. The monoisotopic (exact) mass is 258 g/mol. The lowest BCUT2D eigenvalue weighted by Crippen LogP contribution is -2.38. The van der Waals surface area contributed by atoms with Gasteiger partial charge in [-0.05, 0) is 54.8 Å². The van der Waals surface area contributed by atoms with Crippen molar-refractivity contribution in [3.8, 4) is 0 Å². The molecule has 1 aliphatic carbocycles. The molecule has 0 bridgehead atoms. The summed E-state index contributed by atoms with van der Waals surface area (Å²) in [6, 6.07) is 8.75. The number of fused-ring (bicyclic) bond motifs is 2. The molecular weight excluding hydrogens is 236 g/mol. The highest BCUT2D eigenvalue weighted by Gasteiger charge is 2.44. The number of carbonyl (C=O) groups excluding carboxylic acids is 1. The number of nitrogens with one attached hydrogen (secondary N) is 2. The Hall–Kier alpha value is -1.35. The van der Waals surface area contributed by atoms with Crippen molar-refractivity contribution < 1.29 is 4.79 Å². The van der Waals surface area contributed by atoms with E-state index in [0.29, 0.717) is 17.8 Å². The Kier molecular flexibility index (Phi) is 3.31. The van der Waals surface area contributed by atoms with E-state index in [2.05, 4.69) is 34.9 Å². The second-order valence-corrected chi connectivity index (χ2v) is 5.90. The van der Waals surface area contributed by atoms with Gasteiger partial charge in [0.2, 0.25) is 5.91 Å². The van der Waals surface area contributed by atoms with E-state index in [4.69, 9.17) is 0 Å². The van der Waals surface area contributed by atoms with Gasteiger partial charge in [0, 0.05) is 13.5 Å². The standard InChI is InChI=1S/C16H22N2O/c1-17-15(19)10-12-11-16(6-8-18-9-7-16)14-5-3-2-4-13(12)14/h2-5,12,18H,6-11H2,1H3,(H,17,19)/t12-/m1/s1. The molecule has 3 nitrogen and oxygen atoms in total. The van der Waals surface area contributed by atoms with Gasteiger partial charge in [0.1, 0.15) is 0 Å². The predicted molar refractivity (Wildman–Crippen MR) is 76.3 cm³/mol. The van der Waals surface area contributed by atoms with Gasteiger partial charge in [-0.15, -0.1) is 0 Å². The number of hydrogen-bond acceptors (Lipinski definition) is 2. The van der Waals surface area contributed by atoms with Crippen LogP contribution in [-0.4, -0.2) is 26.0 Å². The summed E-state index contributed by atoms with van der Waals surface area (Å²) < 4.78 is 0. The zero-order valence-electron chi connectivity index (χ0n) is 11.5. The normalized spacial score (nSPS) is 24.2. The van der Waals surface area contributed by atoms with Crippen LogP contribution in [0, 0.1) is 0 Å². The molecule has 1 heterocycles. The van der Waals surface area contributed by atoms with E-state index >= 15 is 0 Å². The fraction of sp³-hybridized carbons (Fsp3) is 0.562. The molecule has 1 aromatic carbocycles. The Morgan fingerprint density at radius 1 is 1.37 bits per heavy atom. The number of amides is 1. The molecule has 0 saturated carbocycles. The van der Waals surface area contributed by atoms with Gasteiger partial charge in [-0.1, -0.05) is 24.3 Å². The summed E-state index contributed by atoms with van der Waals surface area (Å²) >= 11 is 0. The second kappa shape index (κ2) is 4.97. The van der Waals surface area contributed by atoms with Gasteiger partial charge >= 0.3 is 0 Å². The molecule has 3 rings (SSSR count). The minimum Gasteiger partial charge on any atom is -0.359 e. The molecule has 0 aromatic heterocycles. The lowest BCUT2D eigenvalue weighted by atomic mass is 9.73. The first kappa shape index (κ1) is 12.7. The zero-order valence-corrected chi connectivity index (χ0v) is 11.5. The first-order valence-corrected chi connectivity index (χ1v) is 7.26. The summed E-state index contributed by atoms with van der Waals surface area (Å²) in [5.74, 6) is 0.556. The molecule has 1 aromatic rings. The highest BCUT2D eigenvalue weighted by Crippen LogP contribution is 2.51. The highest BCUT2D eigenvalue weighted by molar-refractivity contribution is 5.77. The Morgan fingerprint density at radius 2 is 2.11 bits per heavy atom. The quantitative estimate of drug-likeness (QED) is 0.851. The summed E-state index contributed by atoms with van der Waals surface area (Å²) in [5.41, 5.74) is 3.24. The van der Waals surface area contributed by atoms with E-state index in [0.717, 1.165) is 19.5 Å². The van der Waals surface area contributed by atoms with Crippen LogP contribution in [0.3, 0.4) is 0 Å². The third-order valence-electron chi connectivity index (χ3n) is 4.88. The van der Waals surface area contributed by atoms with Gasteiger partial charge in [-0.25, -0.2) is 0 Å². The zero-order chi connectivity index (χ0) is 13.3. The minimum atomic E-state index is 0.158. The molecule has 2 aliphatic rings. The van der Waals surface area contributed by atoms with Crippen molar-refractivity contribution in [1.29, 1.82) is 0 Å². The Labute approximate surface area is 114 Å². The molecule has 0 radical (unpaired) electrons. The smallest absolute Gasteiger partial charge is 0.220 e. The first-order chi connectivity index (χ1) is 9.25. The van der Waals surface area contributed by atoms with Crippen LogP contribution < -0.4 is 10.6 Å². The van der Waals surface area contributed by atoms with Gasteiger partial charge in [0.05, 0.1) is 0 Å². The molecule has 102 valence electrons. The molecule has 2 N–H and O–H groups in total. The van der Waals surface area contributed by atoms with Crippen molar-refractivity contribution in [2.45, 2.75) is 37.0 Å². The Morgan fingerprint density at radius 3 is 2.84 bits per heavy atom. The summed E-state index contributed by atoms with van der Waals surface area (Å²) in [6.45, 7) is 2.20. The topological polar surface area (TPSA) is 41.1 Å². The molecule has 1 amide bonds. The van der Waals surface area contributed by atoms with Crippen LogP contribution in [0.1, 0.15) is 42.7 Å². The fourth-order valence-corrected chi connectivity index (χ4v) is 3.91. The number of carbonyl (C=O) groups is 1. The first-order valence-electron chi connectivity index (χ1n) is 7.26. The molecule has 1 atom stereocenters. The SMILES string of the molecule is CNC(=O)C[C@@H]1CC2(CCNCC2)c2ccccc21. The summed E-state index contributed by atoms with van der Waals surface area (Å²) in [7, 11) is 1.73. The third-order valence-corrected chi connectivity index (χ3v) is 4.88. The van der Waals surface area contributed by atoms with E-state index in [1.807, 2.05) is 0 Å². The molecule has 0 unspecified atom stereocenters. The van der Waals surface area contributed by atoms with E-state index in [-0.39, 0.29) is 5.91 Å². The summed E-state index contributed by atoms with van der Waals surface area (Å²) in [5, 5.41) is 6.22. The number of piperidine rings is 1. The second-order valence-electron chi connectivity index (χ2n) is 5.90. The van der Waals surface area contributed by atoms with Crippen LogP contribution in [0.4, 0.5) is 0 Å². The average molecular weight is 258 g/mol. The van der Waals surface area contributed by atoms with Gasteiger partial charge in [-0.3, -0.25) is 4.79 Å². The largest absolute Gasteiger partial charge is 0.359 e. The van der Waals surface area contributed by atoms with Gasteiger partial charge in [0.25, 0.3) is 0 Å². The molecule has 1 aliphatic heterocycles. The lowest BCUT2D eigenvalue weighted by Gasteiger charge is -2.35. The third kappa shape index (κ3) is 2.16. The van der Waals surface area contributed by atoms with Crippen molar-refractivity contribution in [3.63, 3.8) is 0 Å². The predicted octanol–water partition coefficient (Wildman–Crippen LogP) is 1.93. The molecule has 3 heteroatoms. The van der Waals surface area contributed by atoms with Crippen LogP contribution in [0.5, 0.6) is 0 Å². The minimum absolute atomic E-state index is 0.158. The van der Waals surface area contributed by atoms with Crippen LogP contribution in [0.15, 0.2) is 24.3 Å². The summed E-state index contributed by atoms with van der Waals surface area (Å²) in [4.78, 5) is 11.7. The fourth-order valence-electron chi connectivity index (χ4n) is 3.91. The van der Waals surface area contributed by atoms with Crippen molar-refractivity contribution in [3.05, 3.63) is 35.4 Å². The lowest BCUT2D eigenvalue weighted by molar-refractivity contribution is -0.121. The average Bonchev–Trinajstić information content (AvgIpc) is 2.74. The Bertz CT molecular complexity index is 477. The van der Waals surface area contributed by atoms with Crippen molar-refractivity contribution in [2.24, 2.45) is 0 Å². The van der Waals surface area contributed by atoms with E-state index in [9.17, 15) is 4.79 Å². The molecule has 19 heavy (non-hydrogen) atoms. The van der Waals surface area contributed by atoms with Crippen molar-refractivity contribution in [2.75, 3.05) is 20.1 Å². The van der Waals surface area contributed by atoms with Crippen molar-refractivity contribution in [1.82, 2.24) is 10.6 Å². The Balaban J connectivity index is 1.92. The van der Waals surface area contributed by atoms with E-state index in [1.165, 1.54) is 24.0 Å².